The molecular formula is C15H17NS3. The second-order valence-electron chi connectivity index (χ2n) is 4.68. The predicted octanol–water partition coefficient (Wildman–Crippen LogP) is 5.42. The molecule has 4 heteroatoms. The summed E-state index contributed by atoms with van der Waals surface area (Å²) in [6.07, 6.45) is 1.17. The molecule has 0 spiro atoms. The van der Waals surface area contributed by atoms with Crippen LogP contribution in [0.25, 0.3) is 9.40 Å². The lowest BCUT2D eigenvalue weighted by Crippen LogP contribution is -2.21. The van der Waals surface area contributed by atoms with Crippen LogP contribution in [0, 0.1) is 6.92 Å². The van der Waals surface area contributed by atoms with Gasteiger partial charge < -0.3 is 5.32 Å². The third kappa shape index (κ3) is 2.77. The third-order valence-corrected chi connectivity index (χ3v) is 6.16. The number of aryl methyl sites for hydroxylation is 1. The van der Waals surface area contributed by atoms with Crippen LogP contribution in [-0.2, 0) is 0 Å². The maximum Gasteiger partial charge on any atom is 0.0680 e. The zero-order valence-electron chi connectivity index (χ0n) is 11.1. The summed E-state index contributed by atoms with van der Waals surface area (Å²) in [6, 6.07) is 7.25. The highest BCUT2D eigenvalue weighted by atomic mass is 32.1. The summed E-state index contributed by atoms with van der Waals surface area (Å²) in [7, 11) is 0. The number of thiophene rings is 3. The number of hydrogen-bond acceptors (Lipinski definition) is 4. The molecule has 0 aromatic carbocycles. The quantitative estimate of drug-likeness (QED) is 0.663. The summed E-state index contributed by atoms with van der Waals surface area (Å²) in [5.74, 6) is 0. The zero-order chi connectivity index (χ0) is 13.2. The van der Waals surface area contributed by atoms with Gasteiger partial charge in [0.2, 0.25) is 0 Å². The lowest BCUT2D eigenvalue weighted by molar-refractivity contribution is 0.607. The molecule has 3 aromatic heterocycles. The number of nitrogens with one attached hydrogen (secondary N) is 1. The summed E-state index contributed by atoms with van der Waals surface area (Å²) in [5, 5.41) is 8.15. The molecule has 0 saturated carbocycles. The Morgan fingerprint density at radius 2 is 2.11 bits per heavy atom. The molecule has 0 aliphatic carbocycles. The summed E-state index contributed by atoms with van der Waals surface area (Å²) in [4.78, 5) is 2.82. The van der Waals surface area contributed by atoms with Gasteiger partial charge in [-0.3, -0.25) is 0 Å². The average molecular weight is 308 g/mol. The Bertz CT molecular complexity index is 633. The molecule has 0 bridgehead atoms. The van der Waals surface area contributed by atoms with Gasteiger partial charge in [0.05, 0.1) is 6.04 Å². The molecule has 1 nitrogen and oxygen atoms in total. The van der Waals surface area contributed by atoms with E-state index in [-0.39, 0.29) is 0 Å². The average Bonchev–Trinajstić information content (AvgIpc) is 3.05. The van der Waals surface area contributed by atoms with Crippen LogP contribution in [0.1, 0.15) is 34.7 Å². The molecule has 3 heterocycles. The highest BCUT2D eigenvalue weighted by molar-refractivity contribution is 7.27. The molecule has 0 radical (unpaired) electrons. The van der Waals surface area contributed by atoms with Crippen molar-refractivity contribution in [3.05, 3.63) is 44.3 Å². The van der Waals surface area contributed by atoms with Gasteiger partial charge >= 0.3 is 0 Å². The fraction of sp³-hybridized carbons (Fsp3) is 0.333. The first kappa shape index (κ1) is 13.3. The number of rotatable bonds is 5. The van der Waals surface area contributed by atoms with Gasteiger partial charge in [-0.15, -0.1) is 34.0 Å². The van der Waals surface area contributed by atoms with Crippen molar-refractivity contribution in [2.75, 3.05) is 6.54 Å². The SMILES string of the molecule is CCCNC(c1csc(C)c1)c1cc2sccc2s1. The van der Waals surface area contributed by atoms with Gasteiger partial charge in [0.15, 0.2) is 0 Å². The minimum atomic E-state index is 0.356. The van der Waals surface area contributed by atoms with Gasteiger partial charge in [0.25, 0.3) is 0 Å². The molecular weight excluding hydrogens is 290 g/mol. The fourth-order valence-corrected chi connectivity index (χ4v) is 5.17. The van der Waals surface area contributed by atoms with Gasteiger partial charge in [-0.1, -0.05) is 6.92 Å². The monoisotopic (exact) mass is 307 g/mol. The van der Waals surface area contributed by atoms with E-state index in [9.17, 15) is 0 Å². The van der Waals surface area contributed by atoms with Gasteiger partial charge in [-0.05, 0) is 54.4 Å². The van der Waals surface area contributed by atoms with Crippen LogP contribution in [0.4, 0.5) is 0 Å². The Balaban J connectivity index is 1.96. The molecule has 100 valence electrons. The van der Waals surface area contributed by atoms with Gasteiger partial charge in [-0.25, -0.2) is 0 Å². The second-order valence-corrected chi connectivity index (χ2v) is 7.85. The molecule has 3 rings (SSSR count). The molecule has 1 atom stereocenters. The zero-order valence-corrected chi connectivity index (χ0v) is 13.6. The summed E-state index contributed by atoms with van der Waals surface area (Å²) in [6.45, 7) is 5.46. The lowest BCUT2D eigenvalue weighted by Gasteiger charge is -2.15. The first-order valence-corrected chi connectivity index (χ1v) is 9.11. The molecule has 0 saturated heterocycles. The third-order valence-electron chi connectivity index (χ3n) is 3.13. The van der Waals surface area contributed by atoms with Crippen LogP contribution in [0.3, 0.4) is 0 Å². The maximum absolute atomic E-state index is 3.69. The molecule has 0 aliphatic heterocycles. The van der Waals surface area contributed by atoms with Crippen molar-refractivity contribution in [2.45, 2.75) is 26.3 Å². The first-order chi connectivity index (χ1) is 9.28. The van der Waals surface area contributed by atoms with E-state index in [1.807, 2.05) is 34.0 Å². The minimum absolute atomic E-state index is 0.356. The van der Waals surface area contributed by atoms with Crippen LogP contribution in [0.2, 0.25) is 0 Å². The summed E-state index contributed by atoms with van der Waals surface area (Å²) in [5.41, 5.74) is 1.41. The van der Waals surface area contributed by atoms with Gasteiger partial charge in [0.1, 0.15) is 0 Å². The van der Waals surface area contributed by atoms with Gasteiger partial charge in [0, 0.05) is 19.2 Å². The maximum atomic E-state index is 3.69. The molecule has 0 fully saturated rings. The molecule has 3 aromatic rings. The Morgan fingerprint density at radius 3 is 2.79 bits per heavy atom. The predicted molar refractivity (Wildman–Crippen MR) is 88.9 cm³/mol. The van der Waals surface area contributed by atoms with Crippen molar-refractivity contribution >= 4 is 43.4 Å². The van der Waals surface area contributed by atoms with Crippen LogP contribution in [-0.4, -0.2) is 6.54 Å². The van der Waals surface area contributed by atoms with Gasteiger partial charge in [-0.2, -0.15) is 0 Å². The highest BCUT2D eigenvalue weighted by Gasteiger charge is 2.17. The lowest BCUT2D eigenvalue weighted by atomic mass is 10.1. The van der Waals surface area contributed by atoms with E-state index in [0.29, 0.717) is 6.04 Å². The smallest absolute Gasteiger partial charge is 0.0680 e. The largest absolute Gasteiger partial charge is 0.306 e. The van der Waals surface area contributed by atoms with Crippen LogP contribution in [0.5, 0.6) is 0 Å². The van der Waals surface area contributed by atoms with Crippen molar-refractivity contribution in [2.24, 2.45) is 0 Å². The fourth-order valence-electron chi connectivity index (χ4n) is 2.21. The standard InChI is InChI=1S/C15H17NS3/c1-3-5-16-15(11-7-10(2)18-9-11)14-8-13-12(19-14)4-6-17-13/h4,6-9,15-16H,3,5H2,1-2H3. The van der Waals surface area contributed by atoms with E-state index in [1.54, 1.807) is 0 Å². The number of fused-ring (bicyclic) bond motifs is 1. The van der Waals surface area contributed by atoms with Crippen LogP contribution < -0.4 is 5.32 Å². The van der Waals surface area contributed by atoms with E-state index < -0.39 is 0 Å². The van der Waals surface area contributed by atoms with Crippen molar-refractivity contribution in [3.8, 4) is 0 Å². The Labute approximate surface area is 125 Å². The summed E-state index contributed by atoms with van der Waals surface area (Å²) < 4.78 is 2.82. The van der Waals surface area contributed by atoms with E-state index in [2.05, 4.69) is 48.1 Å². The topological polar surface area (TPSA) is 12.0 Å². The van der Waals surface area contributed by atoms with Crippen molar-refractivity contribution < 1.29 is 0 Å². The molecule has 1 unspecified atom stereocenters. The summed E-state index contributed by atoms with van der Waals surface area (Å²) >= 11 is 5.59. The van der Waals surface area contributed by atoms with Crippen molar-refractivity contribution in [1.82, 2.24) is 5.32 Å². The highest BCUT2D eigenvalue weighted by Crippen LogP contribution is 2.36. The van der Waals surface area contributed by atoms with Crippen LogP contribution in [0.15, 0.2) is 29.0 Å². The normalized spacial score (nSPS) is 13.2. The first-order valence-electron chi connectivity index (χ1n) is 6.53. The second kappa shape index (κ2) is 5.75. The Kier molecular flexibility index (Phi) is 4.03. The van der Waals surface area contributed by atoms with E-state index in [0.717, 1.165) is 6.54 Å². The molecule has 0 aliphatic rings. The molecule has 0 amide bonds. The Hall–Kier alpha value is -0.680. The minimum Gasteiger partial charge on any atom is -0.306 e. The van der Waals surface area contributed by atoms with Crippen molar-refractivity contribution in [3.63, 3.8) is 0 Å². The number of hydrogen-bond donors (Lipinski definition) is 1. The van der Waals surface area contributed by atoms with Crippen LogP contribution >= 0.6 is 34.0 Å². The molecule has 19 heavy (non-hydrogen) atoms. The van der Waals surface area contributed by atoms with E-state index in [4.69, 9.17) is 0 Å². The van der Waals surface area contributed by atoms with E-state index in [1.165, 1.54) is 31.1 Å². The van der Waals surface area contributed by atoms with Crippen molar-refractivity contribution in [1.29, 1.82) is 0 Å². The van der Waals surface area contributed by atoms with E-state index >= 15 is 0 Å². The molecule has 1 N–H and O–H groups in total. The Morgan fingerprint density at radius 1 is 1.21 bits per heavy atom.